The first-order chi connectivity index (χ1) is 13.2. The summed E-state index contributed by atoms with van der Waals surface area (Å²) in [5.74, 6) is 2.15. The lowest BCUT2D eigenvalue weighted by Crippen LogP contribution is -2.60. The molecule has 2 bridgehead atoms. The van der Waals surface area contributed by atoms with Crippen molar-refractivity contribution in [2.75, 3.05) is 26.7 Å². The smallest absolute Gasteiger partial charge is 0.264 e. The largest absolute Gasteiger partial charge is 0.497 e. The molecule has 4 fully saturated rings. The zero-order valence-corrected chi connectivity index (χ0v) is 16.7. The van der Waals surface area contributed by atoms with Crippen LogP contribution in [-0.2, 0) is 0 Å². The molecule has 142 valence electrons. The molecule has 0 aliphatic carbocycles. The number of hydrogen-bond donors (Lipinski definition) is 0. The van der Waals surface area contributed by atoms with Gasteiger partial charge in [-0.2, -0.15) is 0 Å². The Morgan fingerprint density at radius 1 is 1.07 bits per heavy atom. The van der Waals surface area contributed by atoms with Gasteiger partial charge in [-0.05, 0) is 68.6 Å². The van der Waals surface area contributed by atoms with E-state index in [0.717, 1.165) is 17.2 Å². The maximum Gasteiger partial charge on any atom is 0.264 e. The molecule has 4 aliphatic rings. The minimum atomic E-state index is 0.230. The van der Waals surface area contributed by atoms with Crippen LogP contribution in [0.5, 0.6) is 5.75 Å². The van der Waals surface area contributed by atoms with E-state index >= 15 is 0 Å². The van der Waals surface area contributed by atoms with Crippen molar-refractivity contribution in [1.82, 2.24) is 9.80 Å². The third-order valence-corrected chi connectivity index (χ3v) is 7.74. The zero-order chi connectivity index (χ0) is 18.5. The van der Waals surface area contributed by atoms with Crippen molar-refractivity contribution in [1.29, 1.82) is 0 Å². The number of nitrogens with zero attached hydrogens (tertiary/aromatic N) is 2. The summed E-state index contributed by atoms with van der Waals surface area (Å²) in [6.45, 7) is 5.25. The number of ether oxygens (including phenoxy) is 1. The van der Waals surface area contributed by atoms with Crippen LogP contribution >= 0.6 is 11.3 Å². The van der Waals surface area contributed by atoms with Gasteiger partial charge in [-0.1, -0.05) is 12.1 Å². The van der Waals surface area contributed by atoms with Crippen molar-refractivity contribution in [2.45, 2.75) is 37.8 Å². The highest BCUT2D eigenvalue weighted by atomic mass is 32.1. The number of carbonyl (C=O) groups is 1. The van der Waals surface area contributed by atoms with Gasteiger partial charge >= 0.3 is 0 Å². The van der Waals surface area contributed by atoms with Crippen LogP contribution in [0.15, 0.2) is 36.4 Å². The molecule has 4 saturated heterocycles. The Labute approximate surface area is 164 Å². The quantitative estimate of drug-likeness (QED) is 0.810. The monoisotopic (exact) mass is 382 g/mol. The standard InChI is InChI=1S/C22H26N2O2S/c1-14-3-8-19(27-14)22(25)24-13-18(15-4-6-17(26-2)7-5-15)21-20(24)16-9-11-23(21)12-10-16/h3-8,16,18,20-21H,9-13H2,1-2H3/t18-,20+,21+/m1/s1. The third kappa shape index (κ3) is 2.79. The van der Waals surface area contributed by atoms with E-state index in [4.69, 9.17) is 4.74 Å². The van der Waals surface area contributed by atoms with Crippen LogP contribution < -0.4 is 4.74 Å². The number of fused-ring (bicyclic) bond motifs is 2. The number of rotatable bonds is 3. The maximum atomic E-state index is 13.4. The van der Waals surface area contributed by atoms with E-state index in [1.54, 1.807) is 18.4 Å². The van der Waals surface area contributed by atoms with Crippen LogP contribution in [0.2, 0.25) is 0 Å². The van der Waals surface area contributed by atoms with Crippen molar-refractivity contribution in [2.24, 2.45) is 5.92 Å². The fourth-order valence-electron chi connectivity index (χ4n) is 5.49. The number of thiophene rings is 1. The molecule has 0 unspecified atom stereocenters. The summed E-state index contributed by atoms with van der Waals surface area (Å²) in [7, 11) is 1.70. The molecule has 5 heterocycles. The van der Waals surface area contributed by atoms with E-state index < -0.39 is 0 Å². The Morgan fingerprint density at radius 3 is 2.44 bits per heavy atom. The van der Waals surface area contributed by atoms with E-state index in [1.165, 1.54) is 36.4 Å². The van der Waals surface area contributed by atoms with Crippen LogP contribution in [0, 0.1) is 12.8 Å². The summed E-state index contributed by atoms with van der Waals surface area (Å²) in [6.07, 6.45) is 2.45. The van der Waals surface area contributed by atoms with E-state index in [9.17, 15) is 4.79 Å². The lowest BCUT2D eigenvalue weighted by molar-refractivity contribution is -0.00326. The number of benzene rings is 1. The minimum absolute atomic E-state index is 0.230. The molecule has 6 rings (SSSR count). The van der Waals surface area contributed by atoms with Gasteiger partial charge in [-0.25, -0.2) is 0 Å². The summed E-state index contributed by atoms with van der Waals surface area (Å²) < 4.78 is 5.33. The molecule has 1 aromatic heterocycles. The molecule has 1 aromatic carbocycles. The fourth-order valence-corrected chi connectivity index (χ4v) is 6.31. The summed E-state index contributed by atoms with van der Waals surface area (Å²) in [5.41, 5.74) is 1.33. The Hall–Kier alpha value is -1.85. The number of methoxy groups -OCH3 is 1. The van der Waals surface area contributed by atoms with Crippen molar-refractivity contribution in [3.05, 3.63) is 51.7 Å². The Balaban J connectivity index is 1.50. The van der Waals surface area contributed by atoms with Gasteiger partial charge in [-0.3, -0.25) is 9.69 Å². The summed E-state index contributed by atoms with van der Waals surface area (Å²) >= 11 is 1.62. The average molecular weight is 383 g/mol. The van der Waals surface area contributed by atoms with Crippen LogP contribution in [-0.4, -0.2) is 54.5 Å². The van der Waals surface area contributed by atoms with Gasteiger partial charge in [-0.15, -0.1) is 11.3 Å². The Bertz CT molecular complexity index is 838. The summed E-state index contributed by atoms with van der Waals surface area (Å²) in [6, 6.07) is 13.3. The lowest BCUT2D eigenvalue weighted by Gasteiger charge is -2.51. The molecule has 4 nitrogen and oxygen atoms in total. The first kappa shape index (κ1) is 17.3. The van der Waals surface area contributed by atoms with Crippen LogP contribution in [0.1, 0.15) is 38.9 Å². The lowest BCUT2D eigenvalue weighted by atomic mass is 9.75. The van der Waals surface area contributed by atoms with Gasteiger partial charge in [0, 0.05) is 23.4 Å². The molecule has 5 heteroatoms. The SMILES string of the molecule is COc1ccc([C@H]2CN(C(=O)c3ccc(C)s3)[C@H]3C4CCN(CC4)[C@@H]23)cc1. The first-order valence-corrected chi connectivity index (χ1v) is 10.7. The molecule has 1 amide bonds. The predicted molar refractivity (Wildman–Crippen MR) is 108 cm³/mol. The van der Waals surface area contributed by atoms with E-state index in [2.05, 4.69) is 34.9 Å². The highest BCUT2D eigenvalue weighted by Gasteiger charge is 2.54. The summed E-state index contributed by atoms with van der Waals surface area (Å²) in [5, 5.41) is 0. The second-order valence-corrected chi connectivity index (χ2v) is 9.39. The number of carbonyl (C=O) groups excluding carboxylic acids is 1. The second kappa shape index (κ2) is 6.64. The van der Waals surface area contributed by atoms with Gasteiger partial charge < -0.3 is 9.64 Å². The minimum Gasteiger partial charge on any atom is -0.497 e. The summed E-state index contributed by atoms with van der Waals surface area (Å²) in [4.78, 5) is 20.3. The van der Waals surface area contributed by atoms with Crippen LogP contribution in [0.4, 0.5) is 0 Å². The number of likely N-dealkylation sites (tertiary alicyclic amines) is 1. The highest BCUT2D eigenvalue weighted by Crippen LogP contribution is 2.47. The zero-order valence-electron chi connectivity index (χ0n) is 15.9. The molecule has 2 aromatic rings. The third-order valence-electron chi connectivity index (χ3n) is 6.75. The number of aryl methyl sites for hydroxylation is 1. The van der Waals surface area contributed by atoms with E-state index in [0.29, 0.717) is 23.9 Å². The fraction of sp³-hybridized carbons (Fsp3) is 0.500. The van der Waals surface area contributed by atoms with Crippen LogP contribution in [0.25, 0.3) is 0 Å². The predicted octanol–water partition coefficient (Wildman–Crippen LogP) is 3.77. The number of piperidine rings is 3. The van der Waals surface area contributed by atoms with Gasteiger partial charge in [0.05, 0.1) is 18.0 Å². The van der Waals surface area contributed by atoms with Gasteiger partial charge in [0.25, 0.3) is 5.91 Å². The van der Waals surface area contributed by atoms with Gasteiger partial charge in [0.15, 0.2) is 0 Å². The average Bonchev–Trinajstić information content (AvgIpc) is 3.34. The van der Waals surface area contributed by atoms with Gasteiger partial charge in [0.2, 0.25) is 0 Å². The molecule has 0 saturated carbocycles. The molecule has 4 aliphatic heterocycles. The van der Waals surface area contributed by atoms with Crippen molar-refractivity contribution in [3.63, 3.8) is 0 Å². The second-order valence-electron chi connectivity index (χ2n) is 8.10. The number of amides is 1. The molecule has 0 radical (unpaired) electrons. The highest BCUT2D eigenvalue weighted by molar-refractivity contribution is 7.13. The van der Waals surface area contributed by atoms with Crippen LogP contribution in [0.3, 0.4) is 0 Å². The van der Waals surface area contributed by atoms with E-state index in [-0.39, 0.29) is 5.91 Å². The van der Waals surface area contributed by atoms with Crippen molar-refractivity contribution in [3.8, 4) is 5.75 Å². The van der Waals surface area contributed by atoms with Crippen molar-refractivity contribution < 1.29 is 9.53 Å². The molecule has 0 N–H and O–H groups in total. The molecule has 3 atom stereocenters. The molecule has 0 spiro atoms. The Morgan fingerprint density at radius 2 is 1.81 bits per heavy atom. The molecule has 27 heavy (non-hydrogen) atoms. The van der Waals surface area contributed by atoms with Gasteiger partial charge in [0.1, 0.15) is 5.75 Å². The Kier molecular flexibility index (Phi) is 4.25. The topological polar surface area (TPSA) is 32.8 Å². The first-order valence-electron chi connectivity index (χ1n) is 9.91. The maximum absolute atomic E-state index is 13.4. The molecular formula is C22H26N2O2S. The molecular weight excluding hydrogens is 356 g/mol. The van der Waals surface area contributed by atoms with Crippen molar-refractivity contribution >= 4 is 17.2 Å². The number of hydrogen-bond acceptors (Lipinski definition) is 4. The van der Waals surface area contributed by atoms with E-state index in [1.807, 2.05) is 18.2 Å². The normalized spacial score (nSPS) is 31.8.